The summed E-state index contributed by atoms with van der Waals surface area (Å²) in [7, 11) is 0. The van der Waals surface area contributed by atoms with Crippen molar-refractivity contribution in [1.82, 2.24) is 10.4 Å². The van der Waals surface area contributed by atoms with Gasteiger partial charge in [-0.2, -0.15) is 18.4 Å². The molecule has 1 aromatic rings. The zero-order chi connectivity index (χ0) is 22.7. The Morgan fingerprint density at radius 2 is 1.97 bits per heavy atom. The van der Waals surface area contributed by atoms with Gasteiger partial charge in [0, 0.05) is 13.0 Å². The molecule has 1 fully saturated rings. The molecule has 0 atom stereocenters. The molecule has 2 rings (SSSR count). The van der Waals surface area contributed by atoms with Crippen LogP contribution >= 0.6 is 12.2 Å². The largest absolute Gasteiger partial charge is 0.417 e. The van der Waals surface area contributed by atoms with Crippen LogP contribution in [0.1, 0.15) is 50.7 Å². The van der Waals surface area contributed by atoms with E-state index in [2.05, 4.69) is 0 Å². The van der Waals surface area contributed by atoms with Gasteiger partial charge in [-0.1, -0.05) is 6.42 Å². The van der Waals surface area contributed by atoms with Crippen LogP contribution in [-0.4, -0.2) is 39.1 Å². The topological polar surface area (TPSA) is 96.7 Å². The summed E-state index contributed by atoms with van der Waals surface area (Å²) < 4.78 is 39.9. The Hall–Kier alpha value is -2.71. The normalized spacial score (nSPS) is 16.0. The van der Waals surface area contributed by atoms with E-state index in [-0.39, 0.29) is 17.2 Å². The fourth-order valence-electron chi connectivity index (χ4n) is 3.23. The molecule has 1 saturated heterocycles. The number of rotatable bonds is 7. The first-order valence-electron chi connectivity index (χ1n) is 9.15. The molecule has 0 aliphatic carbocycles. The van der Waals surface area contributed by atoms with Crippen LogP contribution in [0.5, 0.6) is 0 Å². The lowest BCUT2D eigenvalue weighted by atomic mass is 10.0. The van der Waals surface area contributed by atoms with E-state index in [1.54, 1.807) is 24.2 Å². The molecule has 30 heavy (non-hydrogen) atoms. The third-order valence-electron chi connectivity index (χ3n) is 4.92. The van der Waals surface area contributed by atoms with Crippen LogP contribution in [0.25, 0.3) is 0 Å². The molecule has 0 spiro atoms. The number of thiocarbonyl (C=S) groups is 1. The van der Waals surface area contributed by atoms with Crippen molar-refractivity contribution >= 4 is 34.8 Å². The summed E-state index contributed by atoms with van der Waals surface area (Å²) >= 11 is 5.39. The van der Waals surface area contributed by atoms with Crippen LogP contribution in [-0.2, 0) is 15.8 Å². The molecule has 1 aliphatic rings. The first-order valence-corrected chi connectivity index (χ1v) is 9.56. The average Bonchev–Trinajstić information content (AvgIpc) is 2.85. The van der Waals surface area contributed by atoms with Crippen molar-refractivity contribution in [1.29, 1.82) is 5.26 Å². The molecule has 0 bridgehead atoms. The van der Waals surface area contributed by atoms with Gasteiger partial charge >= 0.3 is 6.18 Å². The summed E-state index contributed by atoms with van der Waals surface area (Å²) in [4.78, 5) is 26.7. The third kappa shape index (κ3) is 4.71. The highest BCUT2D eigenvalue weighted by molar-refractivity contribution is 7.80. The fourth-order valence-corrected chi connectivity index (χ4v) is 3.74. The Morgan fingerprint density at radius 3 is 2.53 bits per heavy atom. The number of carbonyl (C=O) groups is 2. The number of nitriles is 1. The summed E-state index contributed by atoms with van der Waals surface area (Å²) in [5, 5.41) is 17.5. The highest BCUT2D eigenvalue weighted by Gasteiger charge is 2.49. The van der Waals surface area contributed by atoms with Crippen LogP contribution in [0.3, 0.4) is 0 Å². The highest BCUT2D eigenvalue weighted by Crippen LogP contribution is 2.37. The van der Waals surface area contributed by atoms with E-state index in [0.29, 0.717) is 25.8 Å². The molecule has 1 aliphatic heterocycles. The minimum atomic E-state index is -4.75. The van der Waals surface area contributed by atoms with Gasteiger partial charge in [-0.25, -0.2) is 5.48 Å². The maximum atomic E-state index is 13.3. The monoisotopic (exact) mass is 442 g/mol. The number of hydroxylamine groups is 1. The summed E-state index contributed by atoms with van der Waals surface area (Å²) in [6, 6.07) is 4.56. The Morgan fingerprint density at radius 1 is 1.30 bits per heavy atom. The number of alkyl halides is 3. The second-order valence-electron chi connectivity index (χ2n) is 7.32. The van der Waals surface area contributed by atoms with Gasteiger partial charge in [0.1, 0.15) is 5.54 Å². The van der Waals surface area contributed by atoms with Crippen molar-refractivity contribution in [2.24, 2.45) is 0 Å². The minimum absolute atomic E-state index is 0.0495. The smallest absolute Gasteiger partial charge is 0.334 e. The number of nitrogens with one attached hydrogen (secondary N) is 1. The third-order valence-corrected chi connectivity index (χ3v) is 5.32. The molecule has 1 heterocycles. The molecule has 0 saturated carbocycles. The van der Waals surface area contributed by atoms with Gasteiger partial charge in [0.15, 0.2) is 5.11 Å². The molecule has 0 unspecified atom stereocenters. The molecule has 2 N–H and O–H groups in total. The standard InChI is InChI=1S/C19H21F3N4O3S/c1-18(2)16(28)26(13-8-7-12(11-23)14(10-13)19(20,21)22)17(30)25(18)9-5-3-4-6-15(27)24-29/h7-8,10,29H,3-6,9H2,1-2H3,(H,24,27). The van der Waals surface area contributed by atoms with Gasteiger partial charge in [0.25, 0.3) is 5.91 Å². The number of amides is 2. The number of nitrogens with zero attached hydrogens (tertiary/aromatic N) is 3. The van der Waals surface area contributed by atoms with E-state index < -0.39 is 34.7 Å². The SMILES string of the molecule is CC1(C)C(=O)N(c2ccc(C#N)c(C(F)(F)F)c2)C(=S)N1CCCCCC(=O)NO. The van der Waals surface area contributed by atoms with E-state index in [1.807, 2.05) is 0 Å². The number of hydrogen-bond donors (Lipinski definition) is 2. The maximum Gasteiger partial charge on any atom is 0.417 e. The molecule has 1 aromatic carbocycles. The summed E-state index contributed by atoms with van der Waals surface area (Å²) in [6.45, 7) is 3.64. The van der Waals surface area contributed by atoms with E-state index in [0.717, 1.165) is 17.0 Å². The molecular formula is C19H21F3N4O3S. The number of benzene rings is 1. The van der Waals surface area contributed by atoms with E-state index in [1.165, 1.54) is 12.1 Å². The van der Waals surface area contributed by atoms with Crippen LogP contribution in [0.15, 0.2) is 18.2 Å². The molecule has 2 amide bonds. The number of anilines is 1. The van der Waals surface area contributed by atoms with Crippen LogP contribution in [0.2, 0.25) is 0 Å². The van der Waals surface area contributed by atoms with Crippen molar-refractivity contribution in [3.8, 4) is 6.07 Å². The maximum absolute atomic E-state index is 13.3. The second kappa shape index (κ2) is 8.97. The summed E-state index contributed by atoms with van der Waals surface area (Å²) in [6.07, 6.45) is -2.85. The number of unbranched alkanes of at least 4 members (excludes halogenated alkanes) is 2. The Balaban J connectivity index is 2.21. The predicted molar refractivity (Wildman–Crippen MR) is 105 cm³/mol. The van der Waals surface area contributed by atoms with Crippen LogP contribution in [0.4, 0.5) is 18.9 Å². The lowest BCUT2D eigenvalue weighted by Crippen LogP contribution is -2.44. The van der Waals surface area contributed by atoms with Gasteiger partial charge in [-0.05, 0) is 57.1 Å². The quantitative estimate of drug-likeness (QED) is 0.291. The molecule has 0 radical (unpaired) electrons. The Kier molecular flexibility index (Phi) is 7.05. The zero-order valence-corrected chi connectivity index (χ0v) is 17.2. The highest BCUT2D eigenvalue weighted by atomic mass is 32.1. The lowest BCUT2D eigenvalue weighted by Gasteiger charge is -2.29. The van der Waals surface area contributed by atoms with E-state index in [4.69, 9.17) is 22.7 Å². The predicted octanol–water partition coefficient (Wildman–Crippen LogP) is 3.35. The first-order chi connectivity index (χ1) is 13.9. The van der Waals surface area contributed by atoms with Crippen molar-refractivity contribution in [2.45, 2.75) is 51.2 Å². The molecule has 11 heteroatoms. The zero-order valence-electron chi connectivity index (χ0n) is 16.4. The second-order valence-corrected chi connectivity index (χ2v) is 7.68. The van der Waals surface area contributed by atoms with Crippen molar-refractivity contribution in [3.63, 3.8) is 0 Å². The first kappa shape index (κ1) is 23.6. The van der Waals surface area contributed by atoms with Crippen molar-refractivity contribution in [2.75, 3.05) is 11.4 Å². The van der Waals surface area contributed by atoms with Gasteiger partial charge in [0.05, 0.1) is 22.9 Å². The summed E-state index contributed by atoms with van der Waals surface area (Å²) in [5.41, 5.74) is -1.23. The summed E-state index contributed by atoms with van der Waals surface area (Å²) in [5.74, 6) is -0.959. The Bertz CT molecular complexity index is 896. The Labute approximate surface area is 177 Å². The minimum Gasteiger partial charge on any atom is -0.334 e. The number of hydrogen-bond acceptors (Lipinski definition) is 5. The van der Waals surface area contributed by atoms with E-state index in [9.17, 15) is 22.8 Å². The van der Waals surface area contributed by atoms with Crippen LogP contribution in [0, 0.1) is 11.3 Å². The van der Waals surface area contributed by atoms with Gasteiger partial charge in [-0.3, -0.25) is 19.7 Å². The van der Waals surface area contributed by atoms with Gasteiger partial charge in [-0.15, -0.1) is 0 Å². The number of halogens is 3. The molecule has 7 nitrogen and oxygen atoms in total. The number of carbonyl (C=O) groups excluding carboxylic acids is 2. The lowest BCUT2D eigenvalue weighted by molar-refractivity contribution is -0.137. The fraction of sp³-hybridized carbons (Fsp3) is 0.474. The van der Waals surface area contributed by atoms with Crippen molar-refractivity contribution < 1.29 is 28.0 Å². The van der Waals surface area contributed by atoms with Crippen LogP contribution < -0.4 is 10.4 Å². The molecular weight excluding hydrogens is 421 g/mol. The van der Waals surface area contributed by atoms with Gasteiger partial charge < -0.3 is 4.90 Å². The average molecular weight is 442 g/mol. The molecule has 0 aromatic heterocycles. The molecule has 162 valence electrons. The van der Waals surface area contributed by atoms with Crippen molar-refractivity contribution in [3.05, 3.63) is 29.3 Å². The van der Waals surface area contributed by atoms with Gasteiger partial charge in [0.2, 0.25) is 5.91 Å². The van der Waals surface area contributed by atoms with E-state index >= 15 is 0 Å².